The fourth-order valence-corrected chi connectivity index (χ4v) is 7.16. The largest absolute Gasteiger partial charge is 0.299 e. The summed E-state index contributed by atoms with van der Waals surface area (Å²) in [4.78, 5) is 37.7. The Hall–Kier alpha value is -1.25. The van der Waals surface area contributed by atoms with Crippen molar-refractivity contribution < 1.29 is 14.4 Å². The normalized spacial score (nSPS) is 46.1. The van der Waals surface area contributed by atoms with Gasteiger partial charge < -0.3 is 0 Å². The molecule has 0 aromatic rings. The van der Waals surface area contributed by atoms with Crippen LogP contribution in [0.2, 0.25) is 0 Å². The Bertz CT molecular complexity index is 675. The van der Waals surface area contributed by atoms with Crippen LogP contribution in [-0.2, 0) is 14.4 Å². The first-order valence-electron chi connectivity index (χ1n) is 10.1. The molecule has 0 N–H and O–H groups in total. The average Bonchev–Trinajstić information content (AvgIpc) is 2.91. The van der Waals surface area contributed by atoms with Gasteiger partial charge in [-0.25, -0.2) is 0 Å². The summed E-state index contributed by atoms with van der Waals surface area (Å²) in [5.74, 6) is 1.97. The zero-order valence-electron chi connectivity index (χ0n) is 15.8. The van der Waals surface area contributed by atoms with Gasteiger partial charge in [-0.15, -0.1) is 0 Å². The van der Waals surface area contributed by atoms with E-state index in [0.717, 1.165) is 32.1 Å². The van der Waals surface area contributed by atoms with Crippen molar-refractivity contribution >= 4 is 17.3 Å². The first-order chi connectivity index (χ1) is 11.8. The summed E-state index contributed by atoms with van der Waals surface area (Å²) in [6.07, 6.45) is 8.42. The molecule has 0 unspecified atom stereocenters. The quantitative estimate of drug-likeness (QED) is 0.752. The summed E-state index contributed by atoms with van der Waals surface area (Å²) in [5, 5.41) is 0. The molecule has 0 radical (unpaired) electrons. The van der Waals surface area contributed by atoms with Gasteiger partial charge in [0.25, 0.3) is 0 Å². The van der Waals surface area contributed by atoms with Crippen molar-refractivity contribution in [3.63, 3.8) is 0 Å². The molecule has 3 heteroatoms. The van der Waals surface area contributed by atoms with Crippen molar-refractivity contribution in [2.24, 2.45) is 34.5 Å². The number of ketones is 3. The second-order valence-electron chi connectivity index (χ2n) is 9.44. The van der Waals surface area contributed by atoms with E-state index in [1.165, 1.54) is 5.57 Å². The predicted octanol–water partition coefficient (Wildman–Crippen LogP) is 4.29. The van der Waals surface area contributed by atoms with Crippen molar-refractivity contribution in [2.45, 2.75) is 72.1 Å². The first-order valence-corrected chi connectivity index (χ1v) is 10.1. The Morgan fingerprint density at radius 2 is 1.92 bits per heavy atom. The number of fused-ring (bicyclic) bond motifs is 5. The van der Waals surface area contributed by atoms with Crippen LogP contribution in [0.4, 0.5) is 0 Å². The minimum Gasteiger partial charge on any atom is -0.299 e. The third-order valence-electron chi connectivity index (χ3n) is 8.39. The topological polar surface area (TPSA) is 51.2 Å². The maximum Gasteiger partial charge on any atom is 0.155 e. The lowest BCUT2D eigenvalue weighted by Gasteiger charge is -2.56. The Balaban J connectivity index is 1.71. The molecule has 25 heavy (non-hydrogen) atoms. The highest BCUT2D eigenvalue weighted by atomic mass is 16.1. The molecule has 0 aliphatic heterocycles. The van der Waals surface area contributed by atoms with Gasteiger partial charge in [0.1, 0.15) is 11.6 Å². The monoisotopic (exact) mass is 342 g/mol. The van der Waals surface area contributed by atoms with E-state index in [9.17, 15) is 14.4 Å². The van der Waals surface area contributed by atoms with E-state index in [2.05, 4.69) is 13.8 Å². The van der Waals surface area contributed by atoms with E-state index in [1.807, 2.05) is 13.0 Å². The molecule has 4 aliphatic carbocycles. The molecule has 0 aromatic heterocycles. The van der Waals surface area contributed by atoms with Gasteiger partial charge in [-0.3, -0.25) is 14.4 Å². The number of Topliss-reactive ketones (excluding diaryl/α,β-unsaturated/α-hetero) is 2. The minimum atomic E-state index is -0.132. The Morgan fingerprint density at radius 3 is 2.64 bits per heavy atom. The van der Waals surface area contributed by atoms with Gasteiger partial charge in [-0.2, -0.15) is 0 Å². The second-order valence-corrected chi connectivity index (χ2v) is 9.44. The molecule has 0 spiro atoms. The summed E-state index contributed by atoms with van der Waals surface area (Å²) in [5.41, 5.74) is 0.969. The second kappa shape index (κ2) is 5.62. The van der Waals surface area contributed by atoms with Crippen molar-refractivity contribution in [1.82, 2.24) is 0 Å². The minimum absolute atomic E-state index is 0.0640. The van der Waals surface area contributed by atoms with Crippen LogP contribution >= 0.6 is 0 Å². The molecule has 4 aliphatic rings. The van der Waals surface area contributed by atoms with Gasteiger partial charge in [0.2, 0.25) is 0 Å². The molecule has 136 valence electrons. The maximum atomic E-state index is 13.4. The fraction of sp³-hybridized carbons (Fsp3) is 0.773. The number of carbonyl (C=O) groups is 3. The Labute approximate surface area is 150 Å². The highest BCUT2D eigenvalue weighted by Gasteiger charge is 2.62. The van der Waals surface area contributed by atoms with Gasteiger partial charge in [-0.1, -0.05) is 26.3 Å². The zero-order valence-corrected chi connectivity index (χ0v) is 15.8. The fourth-order valence-electron chi connectivity index (χ4n) is 7.16. The first kappa shape index (κ1) is 17.2. The smallest absolute Gasteiger partial charge is 0.155 e. The number of carbonyl (C=O) groups excluding carboxylic acids is 3. The van der Waals surface area contributed by atoms with E-state index >= 15 is 0 Å². The predicted molar refractivity (Wildman–Crippen MR) is 95.9 cm³/mol. The molecule has 0 heterocycles. The summed E-state index contributed by atoms with van der Waals surface area (Å²) in [6, 6.07) is 0. The molecule has 3 fully saturated rings. The third-order valence-corrected chi connectivity index (χ3v) is 8.39. The van der Waals surface area contributed by atoms with E-state index in [1.54, 1.807) is 0 Å². The molecule has 3 nitrogen and oxygen atoms in total. The zero-order chi connectivity index (χ0) is 18.0. The van der Waals surface area contributed by atoms with Gasteiger partial charge in [0, 0.05) is 31.1 Å². The molecular formula is C22H30O3. The highest BCUT2D eigenvalue weighted by molar-refractivity contribution is 5.93. The van der Waals surface area contributed by atoms with Crippen LogP contribution in [0.25, 0.3) is 0 Å². The number of allylic oxidation sites excluding steroid dienone is 1. The van der Waals surface area contributed by atoms with E-state index in [0.29, 0.717) is 42.7 Å². The molecule has 0 bridgehead atoms. The molecule has 0 aromatic carbocycles. The molecule has 3 saturated carbocycles. The van der Waals surface area contributed by atoms with Crippen LogP contribution in [0.1, 0.15) is 72.1 Å². The molecular weight excluding hydrogens is 312 g/mol. The van der Waals surface area contributed by atoms with Crippen LogP contribution in [0.5, 0.6) is 0 Å². The van der Waals surface area contributed by atoms with Gasteiger partial charge >= 0.3 is 0 Å². The SMILES string of the molecule is CCC(=O)[C@H]1CC[C@H]2[C@@H]3CCC4=CC(=O)CC[C@]4(C)[C@H]3C(=O)C[C@]12C. The molecule has 0 amide bonds. The van der Waals surface area contributed by atoms with E-state index in [-0.39, 0.29) is 28.4 Å². The van der Waals surface area contributed by atoms with Gasteiger partial charge in [0.05, 0.1) is 0 Å². The number of hydrogen-bond acceptors (Lipinski definition) is 3. The number of rotatable bonds is 2. The lowest BCUT2D eigenvalue weighted by molar-refractivity contribution is -0.148. The summed E-state index contributed by atoms with van der Waals surface area (Å²) < 4.78 is 0. The number of hydrogen-bond donors (Lipinski definition) is 0. The van der Waals surface area contributed by atoms with Crippen LogP contribution in [0.3, 0.4) is 0 Å². The standard InChI is InChI=1S/C22H30O3/c1-4-18(24)17-8-7-16-15-6-5-13-11-14(23)9-10-21(13,2)20(15)19(25)12-22(16,17)3/h11,15-17,20H,4-10,12H2,1-3H3/t15-,16-,17+,20+,21-,22-/m0/s1. The van der Waals surface area contributed by atoms with Crippen LogP contribution in [0, 0.1) is 34.5 Å². The van der Waals surface area contributed by atoms with Gasteiger partial charge in [-0.05, 0) is 60.8 Å². The third kappa shape index (κ3) is 2.27. The van der Waals surface area contributed by atoms with E-state index in [4.69, 9.17) is 0 Å². The van der Waals surface area contributed by atoms with Gasteiger partial charge in [0.15, 0.2) is 5.78 Å². The average molecular weight is 342 g/mol. The maximum absolute atomic E-state index is 13.4. The molecule has 0 saturated heterocycles. The van der Waals surface area contributed by atoms with E-state index < -0.39 is 0 Å². The van der Waals surface area contributed by atoms with Crippen molar-refractivity contribution in [1.29, 1.82) is 0 Å². The molecule has 4 rings (SSSR count). The van der Waals surface area contributed by atoms with Crippen LogP contribution in [-0.4, -0.2) is 17.3 Å². The van der Waals surface area contributed by atoms with Crippen molar-refractivity contribution in [3.05, 3.63) is 11.6 Å². The van der Waals surface area contributed by atoms with Crippen LogP contribution in [0.15, 0.2) is 11.6 Å². The molecule has 6 atom stereocenters. The lowest BCUT2D eigenvalue weighted by Crippen LogP contribution is -2.55. The summed E-state index contributed by atoms with van der Waals surface area (Å²) >= 11 is 0. The van der Waals surface area contributed by atoms with Crippen molar-refractivity contribution in [3.8, 4) is 0 Å². The Kier molecular flexibility index (Phi) is 3.86. The highest BCUT2D eigenvalue weighted by Crippen LogP contribution is 2.65. The summed E-state index contributed by atoms with van der Waals surface area (Å²) in [6.45, 7) is 6.39. The lowest BCUT2D eigenvalue weighted by atomic mass is 9.46. The van der Waals surface area contributed by atoms with Crippen molar-refractivity contribution in [2.75, 3.05) is 0 Å². The summed E-state index contributed by atoms with van der Waals surface area (Å²) in [7, 11) is 0. The van der Waals surface area contributed by atoms with Crippen LogP contribution < -0.4 is 0 Å². The Morgan fingerprint density at radius 1 is 1.16 bits per heavy atom.